The second-order valence-electron chi connectivity index (χ2n) is 9.25. The molecule has 7 nitrogen and oxygen atoms in total. The van der Waals surface area contributed by atoms with Crippen LogP contribution in [0, 0.1) is 19.7 Å². The smallest absolute Gasteiger partial charge is 0.381 e. The fourth-order valence-electron chi connectivity index (χ4n) is 4.97. The molecule has 35 heavy (non-hydrogen) atoms. The number of fused-ring (bicyclic) bond motifs is 1. The largest absolute Gasteiger partial charge is 0.416 e. The van der Waals surface area contributed by atoms with Crippen LogP contribution in [0.5, 0.6) is 0 Å². The van der Waals surface area contributed by atoms with E-state index in [9.17, 15) is 17.6 Å². The average molecular weight is 494 g/mol. The maximum atomic E-state index is 14.9. The topological polar surface area (TPSA) is 76.3 Å². The summed E-state index contributed by atoms with van der Waals surface area (Å²) in [4.78, 5) is 10.9. The highest BCUT2D eigenvalue weighted by molar-refractivity contribution is 5.93. The lowest BCUT2D eigenvalue weighted by molar-refractivity contribution is -0.137. The fraction of sp³-hybridized carbons (Fsp3) is 0.542. The molecular weight excluding hydrogens is 466 g/mol. The number of aryl methyl sites for hydroxylation is 2. The minimum absolute atomic E-state index is 0.0722. The van der Waals surface area contributed by atoms with Crippen LogP contribution in [0.15, 0.2) is 16.7 Å². The van der Waals surface area contributed by atoms with E-state index in [-0.39, 0.29) is 16.8 Å². The molecule has 0 aliphatic carbocycles. The number of aromatic nitrogens is 3. The number of piperidine rings is 1. The Balaban J connectivity index is 1.51. The number of rotatable bonds is 4. The predicted molar refractivity (Wildman–Crippen MR) is 122 cm³/mol. The standard InChI is InChI=1S/C24H27F4N5O2/c1-13-18-11-15(24(26,27)28)12-19(25)21(18)31-22(20(13)23-29-14(2)32-35-23)33-7-3-16(4-8-33)30-17-5-9-34-10-6-17/h11-12,16-17,30H,3-10H2,1-2H3. The molecule has 0 spiro atoms. The molecule has 2 aliphatic rings. The Labute approximate surface area is 199 Å². The van der Waals surface area contributed by atoms with Crippen LogP contribution in [0.1, 0.15) is 42.6 Å². The van der Waals surface area contributed by atoms with E-state index < -0.39 is 17.6 Å². The molecule has 2 aliphatic heterocycles. The molecule has 1 N–H and O–H groups in total. The van der Waals surface area contributed by atoms with E-state index in [1.807, 2.05) is 4.90 Å². The minimum Gasteiger partial charge on any atom is -0.381 e. The first-order valence-electron chi connectivity index (χ1n) is 11.8. The van der Waals surface area contributed by atoms with Crippen LogP contribution < -0.4 is 10.2 Å². The van der Waals surface area contributed by atoms with Gasteiger partial charge in [-0.2, -0.15) is 18.2 Å². The van der Waals surface area contributed by atoms with E-state index in [2.05, 4.69) is 20.4 Å². The van der Waals surface area contributed by atoms with Crippen LogP contribution in [0.4, 0.5) is 23.4 Å². The van der Waals surface area contributed by atoms with Gasteiger partial charge in [-0.3, -0.25) is 0 Å². The molecule has 0 atom stereocenters. The van der Waals surface area contributed by atoms with Crippen LogP contribution >= 0.6 is 0 Å². The zero-order valence-electron chi connectivity index (χ0n) is 19.6. The van der Waals surface area contributed by atoms with Crippen molar-refractivity contribution >= 4 is 16.7 Å². The Morgan fingerprint density at radius 3 is 2.31 bits per heavy atom. The van der Waals surface area contributed by atoms with E-state index >= 15 is 0 Å². The van der Waals surface area contributed by atoms with E-state index in [0.29, 0.717) is 54.0 Å². The highest BCUT2D eigenvalue weighted by atomic mass is 19.4. The second-order valence-corrected chi connectivity index (χ2v) is 9.25. The van der Waals surface area contributed by atoms with Gasteiger partial charge in [0.15, 0.2) is 5.82 Å². The molecular formula is C24H27F4N5O2. The monoisotopic (exact) mass is 493 g/mol. The van der Waals surface area contributed by atoms with Crippen molar-refractivity contribution in [3.05, 3.63) is 34.9 Å². The number of alkyl halides is 3. The van der Waals surface area contributed by atoms with Crippen LogP contribution in [-0.4, -0.2) is 53.5 Å². The first-order valence-corrected chi connectivity index (χ1v) is 11.8. The Hall–Kier alpha value is -2.79. The van der Waals surface area contributed by atoms with Gasteiger partial charge in [0.2, 0.25) is 0 Å². The molecule has 0 unspecified atom stereocenters. The number of ether oxygens (including phenoxy) is 1. The van der Waals surface area contributed by atoms with Gasteiger partial charge in [0.25, 0.3) is 5.89 Å². The van der Waals surface area contributed by atoms with Gasteiger partial charge < -0.3 is 19.5 Å². The SMILES string of the molecule is Cc1noc(-c2c(N3CCC(NC4CCOCC4)CC3)nc3c(F)cc(C(F)(F)F)cc3c2C)n1. The molecule has 3 aromatic rings. The van der Waals surface area contributed by atoms with E-state index in [4.69, 9.17) is 9.26 Å². The van der Waals surface area contributed by atoms with E-state index in [1.54, 1.807) is 13.8 Å². The van der Waals surface area contributed by atoms with Crippen LogP contribution in [0.2, 0.25) is 0 Å². The van der Waals surface area contributed by atoms with Gasteiger partial charge in [0, 0.05) is 43.8 Å². The van der Waals surface area contributed by atoms with Crippen molar-refractivity contribution in [3.8, 4) is 11.5 Å². The Morgan fingerprint density at radius 1 is 1.00 bits per heavy atom. The zero-order valence-corrected chi connectivity index (χ0v) is 19.6. The molecule has 2 saturated heterocycles. The highest BCUT2D eigenvalue weighted by Crippen LogP contribution is 2.40. The number of halogens is 4. The van der Waals surface area contributed by atoms with Crippen molar-refractivity contribution in [1.82, 2.24) is 20.4 Å². The van der Waals surface area contributed by atoms with Gasteiger partial charge in [-0.25, -0.2) is 9.37 Å². The van der Waals surface area contributed by atoms with Crippen molar-refractivity contribution in [1.29, 1.82) is 0 Å². The quantitative estimate of drug-likeness (QED) is 0.524. The summed E-state index contributed by atoms with van der Waals surface area (Å²) in [5.74, 6) is -0.0185. The lowest BCUT2D eigenvalue weighted by Gasteiger charge is -2.37. The Bertz CT molecular complexity index is 1210. The van der Waals surface area contributed by atoms with Crippen molar-refractivity contribution in [2.45, 2.75) is 57.8 Å². The van der Waals surface area contributed by atoms with Gasteiger partial charge in [0.05, 0.1) is 11.1 Å². The molecule has 2 fully saturated rings. The maximum Gasteiger partial charge on any atom is 0.416 e. The lowest BCUT2D eigenvalue weighted by atomic mass is 9.98. The minimum atomic E-state index is -4.68. The zero-order chi connectivity index (χ0) is 24.7. The number of hydrogen-bond acceptors (Lipinski definition) is 7. The highest BCUT2D eigenvalue weighted by Gasteiger charge is 2.34. The lowest BCUT2D eigenvalue weighted by Crippen LogP contribution is -2.48. The summed E-state index contributed by atoms with van der Waals surface area (Å²) >= 11 is 0. The number of benzene rings is 1. The Morgan fingerprint density at radius 2 is 1.69 bits per heavy atom. The van der Waals surface area contributed by atoms with Gasteiger partial charge in [-0.15, -0.1) is 0 Å². The third-order valence-electron chi connectivity index (χ3n) is 6.84. The molecule has 1 aromatic carbocycles. The third-order valence-corrected chi connectivity index (χ3v) is 6.84. The summed E-state index contributed by atoms with van der Waals surface area (Å²) in [6.07, 6.45) is -0.987. The summed E-state index contributed by atoms with van der Waals surface area (Å²) in [6.45, 7) is 6.14. The molecule has 188 valence electrons. The van der Waals surface area contributed by atoms with Crippen LogP contribution in [0.3, 0.4) is 0 Å². The maximum absolute atomic E-state index is 14.9. The van der Waals surface area contributed by atoms with Crippen LogP contribution in [-0.2, 0) is 10.9 Å². The molecule has 0 bridgehead atoms. The summed E-state index contributed by atoms with van der Waals surface area (Å²) in [5, 5.41) is 7.63. The molecule has 5 rings (SSSR count). The van der Waals surface area contributed by atoms with Crippen molar-refractivity contribution in [2.75, 3.05) is 31.2 Å². The van der Waals surface area contributed by atoms with Crippen molar-refractivity contribution < 1.29 is 26.8 Å². The summed E-state index contributed by atoms with van der Waals surface area (Å²) in [7, 11) is 0. The molecule has 0 saturated carbocycles. The predicted octanol–water partition coefficient (Wildman–Crippen LogP) is 4.80. The van der Waals surface area contributed by atoms with E-state index in [1.165, 1.54) is 0 Å². The summed E-state index contributed by atoms with van der Waals surface area (Å²) in [6, 6.07) is 2.21. The number of nitrogens with one attached hydrogen (secondary N) is 1. The molecule has 2 aromatic heterocycles. The first kappa shape index (κ1) is 23.9. The van der Waals surface area contributed by atoms with Gasteiger partial charge in [-0.05, 0) is 57.2 Å². The van der Waals surface area contributed by atoms with Crippen molar-refractivity contribution in [2.24, 2.45) is 0 Å². The normalized spacial score (nSPS) is 18.5. The molecule has 0 amide bonds. The fourth-order valence-corrected chi connectivity index (χ4v) is 4.97. The van der Waals surface area contributed by atoms with Gasteiger partial charge >= 0.3 is 6.18 Å². The third kappa shape index (κ3) is 4.84. The molecule has 11 heteroatoms. The first-order chi connectivity index (χ1) is 16.7. The summed E-state index contributed by atoms with van der Waals surface area (Å²) in [5.41, 5.74) is -0.311. The number of pyridine rings is 1. The van der Waals surface area contributed by atoms with E-state index in [0.717, 1.165) is 45.0 Å². The number of nitrogens with zero attached hydrogens (tertiary/aromatic N) is 4. The number of anilines is 1. The van der Waals surface area contributed by atoms with Gasteiger partial charge in [-0.1, -0.05) is 5.16 Å². The summed E-state index contributed by atoms with van der Waals surface area (Å²) < 4.78 is 65.9. The Kier molecular flexibility index (Phi) is 6.39. The van der Waals surface area contributed by atoms with Crippen LogP contribution in [0.25, 0.3) is 22.4 Å². The average Bonchev–Trinajstić information content (AvgIpc) is 3.25. The molecule has 4 heterocycles. The molecule has 0 radical (unpaired) electrons. The van der Waals surface area contributed by atoms with Gasteiger partial charge in [0.1, 0.15) is 17.2 Å². The van der Waals surface area contributed by atoms with Crippen molar-refractivity contribution in [3.63, 3.8) is 0 Å². The second kappa shape index (κ2) is 9.34. The number of hydrogen-bond donors (Lipinski definition) is 1.